The van der Waals surface area contributed by atoms with E-state index in [-0.39, 0.29) is 17.2 Å². The summed E-state index contributed by atoms with van der Waals surface area (Å²) < 4.78 is 50.2. The normalized spacial score (nSPS) is 25.5. The molecule has 0 amide bonds. The van der Waals surface area contributed by atoms with Crippen molar-refractivity contribution >= 4 is 12.6 Å². The predicted octanol–water partition coefficient (Wildman–Crippen LogP) is 1.56. The van der Waals surface area contributed by atoms with Gasteiger partial charge in [-0.25, -0.2) is 4.98 Å². The van der Waals surface area contributed by atoms with Gasteiger partial charge in [0.1, 0.15) is 11.8 Å². The van der Waals surface area contributed by atoms with Crippen LogP contribution in [0.3, 0.4) is 0 Å². The van der Waals surface area contributed by atoms with Gasteiger partial charge >= 0.3 is 7.12 Å². The van der Waals surface area contributed by atoms with Crippen LogP contribution in [-0.2, 0) is 9.31 Å². The molecule has 2 rings (SSSR count). The lowest BCUT2D eigenvalue weighted by atomic mass is 9.79. The van der Waals surface area contributed by atoms with E-state index in [0.29, 0.717) is 0 Å². The lowest BCUT2D eigenvalue weighted by molar-refractivity contribution is 0.00578. The van der Waals surface area contributed by atoms with Crippen molar-refractivity contribution in [2.45, 2.75) is 45.7 Å². The zero-order valence-electron chi connectivity index (χ0n) is 15.8. The fourth-order valence-corrected chi connectivity index (χ4v) is 1.59. The molecule has 1 aliphatic heterocycles. The third-order valence-corrected chi connectivity index (χ3v) is 3.32. The summed E-state index contributed by atoms with van der Waals surface area (Å²) in [6, 6.07) is 0.902. The van der Waals surface area contributed by atoms with Crippen LogP contribution in [0, 0.1) is 18.2 Å². The average Bonchev–Trinajstić information content (AvgIpc) is 2.56. The second-order valence-corrected chi connectivity index (χ2v) is 5.17. The maximum atomic E-state index is 9.11. The first-order valence-electron chi connectivity index (χ1n) is 8.09. The molecule has 0 bridgehead atoms. The summed E-state index contributed by atoms with van der Waals surface area (Å²) in [4.78, 5) is 3.66. The van der Waals surface area contributed by atoms with Gasteiger partial charge in [-0.3, -0.25) is 0 Å². The molecule has 5 heteroatoms. The molecule has 0 spiro atoms. The Balaban J connectivity index is 2.67. The van der Waals surface area contributed by atoms with Crippen LogP contribution in [-0.4, -0.2) is 23.3 Å². The smallest absolute Gasteiger partial charge is 0.399 e. The van der Waals surface area contributed by atoms with Gasteiger partial charge in [0, 0.05) is 9.81 Å². The van der Waals surface area contributed by atoms with E-state index in [2.05, 4.69) is 4.98 Å². The Morgan fingerprint density at radius 3 is 2.44 bits per heavy atom. The molecule has 0 aromatic carbocycles. The van der Waals surface area contributed by atoms with Gasteiger partial charge in [-0.05, 0) is 52.1 Å². The molecular formula is C13H17BN2O2. The van der Waals surface area contributed by atoms with E-state index in [0.717, 1.165) is 0 Å². The highest BCUT2D eigenvalue weighted by Gasteiger charge is 2.51. The van der Waals surface area contributed by atoms with E-state index < -0.39 is 36.9 Å². The topological polar surface area (TPSA) is 55.1 Å². The molecule has 1 aromatic heterocycles. The van der Waals surface area contributed by atoms with E-state index in [1.807, 2.05) is 0 Å². The zero-order chi connectivity index (χ0) is 17.8. The number of hydrogen-bond donors (Lipinski definition) is 0. The minimum atomic E-state index is -2.67. The molecule has 94 valence electrons. The minimum Gasteiger partial charge on any atom is -0.399 e. The Kier molecular flexibility index (Phi) is 1.80. The lowest BCUT2D eigenvalue weighted by Crippen LogP contribution is -2.41. The van der Waals surface area contributed by atoms with Gasteiger partial charge in [0.05, 0.1) is 13.9 Å². The molecule has 2 heterocycles. The van der Waals surface area contributed by atoms with Crippen molar-refractivity contribution in [3.63, 3.8) is 0 Å². The monoisotopic (exact) mass is 249 g/mol. The number of hydrogen-bond acceptors (Lipinski definition) is 4. The molecule has 0 saturated carbocycles. The van der Waals surface area contributed by atoms with Crippen molar-refractivity contribution < 1.29 is 16.2 Å². The maximum absolute atomic E-state index is 9.11. The molecule has 1 fully saturated rings. The van der Waals surface area contributed by atoms with Crippen molar-refractivity contribution in [2.24, 2.45) is 0 Å². The minimum absolute atomic E-state index is 0.0821. The molecular weight excluding hydrogens is 227 g/mol. The van der Waals surface area contributed by atoms with Crippen molar-refractivity contribution in [3.8, 4) is 6.07 Å². The highest BCUT2D eigenvalue weighted by molar-refractivity contribution is 6.62. The van der Waals surface area contributed by atoms with Crippen LogP contribution in [0.4, 0.5) is 0 Å². The predicted molar refractivity (Wildman–Crippen MR) is 69.4 cm³/mol. The average molecular weight is 249 g/mol. The summed E-state index contributed by atoms with van der Waals surface area (Å²) in [5, 5.41) is 9.11. The van der Waals surface area contributed by atoms with E-state index >= 15 is 0 Å². The Morgan fingerprint density at radius 2 is 1.94 bits per heavy atom. The molecule has 4 nitrogen and oxygen atoms in total. The van der Waals surface area contributed by atoms with Crippen LogP contribution in [0.2, 0.25) is 0 Å². The van der Waals surface area contributed by atoms with Crippen molar-refractivity contribution in [1.29, 1.82) is 5.26 Å². The largest absolute Gasteiger partial charge is 0.495 e. The van der Waals surface area contributed by atoms with Gasteiger partial charge in [0.2, 0.25) is 0 Å². The number of pyridine rings is 1. The summed E-state index contributed by atoms with van der Waals surface area (Å²) in [5.41, 5.74) is -2.41. The Bertz CT molecular complexity index is 681. The summed E-state index contributed by atoms with van der Waals surface area (Å²) in [6.45, 7) is 4.54. The van der Waals surface area contributed by atoms with E-state index in [1.54, 1.807) is 33.8 Å². The summed E-state index contributed by atoms with van der Waals surface area (Å²) in [7, 11) is -1.10. The van der Waals surface area contributed by atoms with Crippen molar-refractivity contribution in [2.75, 3.05) is 0 Å². The van der Waals surface area contributed by atoms with Crippen LogP contribution in [0.1, 0.15) is 45.9 Å². The first-order chi connectivity index (χ1) is 10.3. The Hall–Kier alpha value is -1.38. The standard InChI is InChI=1S/C13H17BN2O2/c1-9-6-10(7-11(8-15)16-9)14-17-12(2,3)13(4,5)18-14/h6-7H,1-5H3/i1D3,6D,7D. The zero-order valence-corrected chi connectivity index (χ0v) is 10.8. The SMILES string of the molecule is [2H]c1c(C#N)nc(C([2H])([2H])[2H])c([2H])c1B1OC(C)(C)C(C)(C)O1. The van der Waals surface area contributed by atoms with Crippen LogP contribution >= 0.6 is 0 Å². The molecule has 0 atom stereocenters. The Morgan fingerprint density at radius 1 is 1.33 bits per heavy atom. The fraction of sp³-hybridized carbons (Fsp3) is 0.538. The number of aromatic nitrogens is 1. The highest BCUT2D eigenvalue weighted by Crippen LogP contribution is 2.36. The molecule has 0 aliphatic carbocycles. The number of rotatable bonds is 1. The fourth-order valence-electron chi connectivity index (χ4n) is 1.59. The van der Waals surface area contributed by atoms with Gasteiger partial charge in [-0.1, -0.05) is 0 Å². The van der Waals surface area contributed by atoms with Crippen LogP contribution in [0.25, 0.3) is 0 Å². The van der Waals surface area contributed by atoms with Crippen LogP contribution in [0.5, 0.6) is 0 Å². The van der Waals surface area contributed by atoms with Crippen LogP contribution < -0.4 is 5.46 Å². The maximum Gasteiger partial charge on any atom is 0.495 e. The van der Waals surface area contributed by atoms with Gasteiger partial charge in [0.25, 0.3) is 0 Å². The van der Waals surface area contributed by atoms with Gasteiger partial charge < -0.3 is 9.31 Å². The Labute approximate surface area is 115 Å². The van der Waals surface area contributed by atoms with Crippen LogP contribution in [0.15, 0.2) is 12.1 Å². The molecule has 0 radical (unpaired) electrons. The molecule has 0 N–H and O–H groups in total. The summed E-state index contributed by atoms with van der Waals surface area (Å²) >= 11 is 0. The number of aryl methyl sites for hydroxylation is 1. The first-order valence-corrected chi connectivity index (χ1v) is 5.59. The van der Waals surface area contributed by atoms with Crippen molar-refractivity contribution in [1.82, 2.24) is 4.98 Å². The number of nitriles is 1. The van der Waals surface area contributed by atoms with E-state index in [1.165, 1.54) is 0 Å². The third-order valence-electron chi connectivity index (χ3n) is 3.32. The van der Waals surface area contributed by atoms with E-state index in [9.17, 15) is 0 Å². The van der Waals surface area contributed by atoms with Gasteiger partial charge in [0.15, 0.2) is 0 Å². The second kappa shape index (κ2) is 4.08. The third kappa shape index (κ3) is 2.14. The molecule has 1 saturated heterocycles. The first kappa shape index (κ1) is 7.93. The quantitative estimate of drug-likeness (QED) is 0.709. The summed E-state index contributed by atoms with van der Waals surface area (Å²) in [5.74, 6) is 0. The van der Waals surface area contributed by atoms with Gasteiger partial charge in [-0.2, -0.15) is 5.26 Å². The molecule has 1 aromatic rings. The second-order valence-electron chi connectivity index (χ2n) is 5.17. The molecule has 0 unspecified atom stereocenters. The van der Waals surface area contributed by atoms with E-state index in [4.69, 9.17) is 21.4 Å². The molecule has 18 heavy (non-hydrogen) atoms. The summed E-state index contributed by atoms with van der Waals surface area (Å²) in [6.07, 6.45) is 0. The lowest BCUT2D eigenvalue weighted by Gasteiger charge is -2.32. The van der Waals surface area contributed by atoms with Gasteiger partial charge in [-0.15, -0.1) is 0 Å². The number of nitrogens with zero attached hydrogens (tertiary/aromatic N) is 2. The molecule has 1 aliphatic rings. The van der Waals surface area contributed by atoms with Crippen molar-refractivity contribution in [3.05, 3.63) is 23.5 Å². The highest BCUT2D eigenvalue weighted by atomic mass is 16.7.